The van der Waals surface area contributed by atoms with E-state index in [4.69, 9.17) is 5.11 Å². The minimum atomic E-state index is 0.224. The van der Waals surface area contributed by atoms with Crippen LogP contribution in [-0.4, -0.2) is 29.7 Å². The number of rotatable bonds is 5. The van der Waals surface area contributed by atoms with Gasteiger partial charge in [-0.2, -0.15) is 0 Å². The average Bonchev–Trinajstić information content (AvgIpc) is 2.38. The molecular formula is C15H19NO. The molecule has 0 atom stereocenters. The Kier molecular flexibility index (Phi) is 4.13. The molecule has 1 N–H and O–H groups in total. The fourth-order valence-corrected chi connectivity index (χ4v) is 2.09. The molecule has 0 fully saturated rings. The van der Waals surface area contributed by atoms with Crippen molar-refractivity contribution in [2.45, 2.75) is 13.5 Å². The molecule has 0 unspecified atom stereocenters. The molecule has 0 heterocycles. The van der Waals surface area contributed by atoms with Crippen molar-refractivity contribution in [3.05, 3.63) is 48.0 Å². The quantitative estimate of drug-likeness (QED) is 0.852. The maximum absolute atomic E-state index is 8.98. The Balaban J connectivity index is 2.18. The van der Waals surface area contributed by atoms with E-state index in [1.807, 2.05) is 0 Å². The zero-order valence-electron chi connectivity index (χ0n) is 10.3. The van der Waals surface area contributed by atoms with Crippen molar-refractivity contribution < 1.29 is 5.11 Å². The van der Waals surface area contributed by atoms with Crippen LogP contribution in [-0.2, 0) is 6.54 Å². The third kappa shape index (κ3) is 3.05. The number of hydrogen-bond donors (Lipinski definition) is 1. The summed E-state index contributed by atoms with van der Waals surface area (Å²) in [5.41, 5.74) is 1.30. The van der Waals surface area contributed by atoms with E-state index in [2.05, 4.69) is 54.3 Å². The molecule has 17 heavy (non-hydrogen) atoms. The molecule has 2 heteroatoms. The summed E-state index contributed by atoms with van der Waals surface area (Å²) in [4.78, 5) is 2.24. The summed E-state index contributed by atoms with van der Waals surface area (Å²) >= 11 is 0. The average molecular weight is 229 g/mol. The summed E-state index contributed by atoms with van der Waals surface area (Å²) in [6.07, 6.45) is 0. The third-order valence-electron chi connectivity index (χ3n) is 3.08. The van der Waals surface area contributed by atoms with Crippen molar-refractivity contribution >= 4 is 10.8 Å². The van der Waals surface area contributed by atoms with Crippen LogP contribution in [0.3, 0.4) is 0 Å². The van der Waals surface area contributed by atoms with Gasteiger partial charge in [0.2, 0.25) is 0 Å². The molecule has 0 radical (unpaired) electrons. The Morgan fingerprint density at radius 1 is 1.06 bits per heavy atom. The minimum absolute atomic E-state index is 0.224. The van der Waals surface area contributed by atoms with E-state index < -0.39 is 0 Å². The molecule has 0 bridgehead atoms. The molecule has 0 aliphatic carbocycles. The van der Waals surface area contributed by atoms with E-state index in [-0.39, 0.29) is 6.61 Å². The van der Waals surface area contributed by atoms with Gasteiger partial charge in [-0.25, -0.2) is 0 Å². The van der Waals surface area contributed by atoms with Crippen LogP contribution in [0.2, 0.25) is 0 Å². The highest BCUT2D eigenvalue weighted by atomic mass is 16.3. The molecule has 0 amide bonds. The highest BCUT2D eigenvalue weighted by molar-refractivity contribution is 5.82. The number of benzene rings is 2. The summed E-state index contributed by atoms with van der Waals surface area (Å²) < 4.78 is 0. The zero-order valence-corrected chi connectivity index (χ0v) is 10.3. The van der Waals surface area contributed by atoms with E-state index in [0.29, 0.717) is 0 Å². The van der Waals surface area contributed by atoms with E-state index in [0.717, 1.165) is 19.6 Å². The Morgan fingerprint density at radius 2 is 1.82 bits per heavy atom. The molecule has 0 spiro atoms. The number of likely N-dealkylation sites (N-methyl/N-ethyl adjacent to an activating group) is 1. The van der Waals surface area contributed by atoms with Crippen molar-refractivity contribution in [3.63, 3.8) is 0 Å². The predicted octanol–water partition coefficient (Wildman–Crippen LogP) is 2.65. The number of aliphatic hydroxyl groups excluding tert-OH is 1. The van der Waals surface area contributed by atoms with Crippen LogP contribution in [0.4, 0.5) is 0 Å². The number of nitrogens with zero attached hydrogens (tertiary/aromatic N) is 1. The summed E-state index contributed by atoms with van der Waals surface area (Å²) in [7, 11) is 0. The molecule has 0 aliphatic heterocycles. The fraction of sp³-hybridized carbons (Fsp3) is 0.333. The van der Waals surface area contributed by atoms with Gasteiger partial charge in [0.15, 0.2) is 0 Å². The van der Waals surface area contributed by atoms with Crippen molar-refractivity contribution in [2.24, 2.45) is 0 Å². The minimum Gasteiger partial charge on any atom is -0.395 e. The SMILES string of the molecule is CCN(CCO)Cc1ccc2ccccc2c1. The zero-order chi connectivity index (χ0) is 12.1. The molecule has 2 aromatic rings. The smallest absolute Gasteiger partial charge is 0.0558 e. The number of hydrogen-bond acceptors (Lipinski definition) is 2. The van der Waals surface area contributed by atoms with Gasteiger partial charge in [-0.3, -0.25) is 4.90 Å². The summed E-state index contributed by atoms with van der Waals surface area (Å²) in [5, 5.41) is 11.5. The standard InChI is InChI=1S/C15H19NO/c1-2-16(9-10-17)12-13-7-8-14-5-3-4-6-15(14)11-13/h3-8,11,17H,2,9-10,12H2,1H3. The molecule has 0 saturated carbocycles. The van der Waals surface area contributed by atoms with Crippen molar-refractivity contribution in [1.82, 2.24) is 4.90 Å². The first-order chi connectivity index (χ1) is 8.33. The maximum atomic E-state index is 8.98. The summed E-state index contributed by atoms with van der Waals surface area (Å²) in [6.45, 7) is 4.96. The molecular weight excluding hydrogens is 210 g/mol. The first kappa shape index (κ1) is 12.1. The highest BCUT2D eigenvalue weighted by Gasteiger charge is 2.03. The lowest BCUT2D eigenvalue weighted by Crippen LogP contribution is -2.25. The van der Waals surface area contributed by atoms with Crippen molar-refractivity contribution in [2.75, 3.05) is 19.7 Å². The monoisotopic (exact) mass is 229 g/mol. The lowest BCUT2D eigenvalue weighted by atomic mass is 10.1. The van der Waals surface area contributed by atoms with Crippen LogP contribution in [0.1, 0.15) is 12.5 Å². The lowest BCUT2D eigenvalue weighted by Gasteiger charge is -2.19. The van der Waals surface area contributed by atoms with Gasteiger partial charge in [-0.15, -0.1) is 0 Å². The first-order valence-corrected chi connectivity index (χ1v) is 6.14. The molecule has 0 aliphatic rings. The largest absolute Gasteiger partial charge is 0.395 e. The highest BCUT2D eigenvalue weighted by Crippen LogP contribution is 2.16. The normalized spacial score (nSPS) is 11.2. The maximum Gasteiger partial charge on any atom is 0.0558 e. The van der Waals surface area contributed by atoms with E-state index in [1.165, 1.54) is 16.3 Å². The second-order valence-corrected chi connectivity index (χ2v) is 4.27. The van der Waals surface area contributed by atoms with Gasteiger partial charge in [0, 0.05) is 13.1 Å². The van der Waals surface area contributed by atoms with Crippen LogP contribution < -0.4 is 0 Å². The Hall–Kier alpha value is -1.38. The van der Waals surface area contributed by atoms with Crippen LogP contribution >= 0.6 is 0 Å². The van der Waals surface area contributed by atoms with Gasteiger partial charge in [-0.05, 0) is 28.9 Å². The fourth-order valence-electron chi connectivity index (χ4n) is 2.09. The van der Waals surface area contributed by atoms with Crippen molar-refractivity contribution in [3.8, 4) is 0 Å². The Bertz CT molecular complexity index is 481. The molecule has 2 rings (SSSR count). The van der Waals surface area contributed by atoms with E-state index >= 15 is 0 Å². The Labute approximate surface area is 102 Å². The topological polar surface area (TPSA) is 23.5 Å². The van der Waals surface area contributed by atoms with Crippen LogP contribution in [0.15, 0.2) is 42.5 Å². The lowest BCUT2D eigenvalue weighted by molar-refractivity contribution is 0.197. The van der Waals surface area contributed by atoms with Gasteiger partial charge in [0.05, 0.1) is 6.61 Å². The number of aliphatic hydroxyl groups is 1. The summed E-state index contributed by atoms with van der Waals surface area (Å²) in [5.74, 6) is 0. The molecule has 0 aromatic heterocycles. The molecule has 90 valence electrons. The second-order valence-electron chi connectivity index (χ2n) is 4.27. The summed E-state index contributed by atoms with van der Waals surface area (Å²) in [6, 6.07) is 15.0. The van der Waals surface area contributed by atoms with Crippen LogP contribution in [0, 0.1) is 0 Å². The molecule has 2 aromatic carbocycles. The van der Waals surface area contributed by atoms with Gasteiger partial charge in [0.25, 0.3) is 0 Å². The molecule has 2 nitrogen and oxygen atoms in total. The van der Waals surface area contributed by atoms with Gasteiger partial charge in [0.1, 0.15) is 0 Å². The second kappa shape index (κ2) is 5.80. The van der Waals surface area contributed by atoms with Crippen molar-refractivity contribution in [1.29, 1.82) is 0 Å². The van der Waals surface area contributed by atoms with Crippen LogP contribution in [0.5, 0.6) is 0 Å². The first-order valence-electron chi connectivity index (χ1n) is 6.14. The van der Waals surface area contributed by atoms with Gasteiger partial charge < -0.3 is 5.11 Å². The van der Waals surface area contributed by atoms with Gasteiger partial charge >= 0.3 is 0 Å². The van der Waals surface area contributed by atoms with Gasteiger partial charge in [-0.1, -0.05) is 43.3 Å². The number of fused-ring (bicyclic) bond motifs is 1. The Morgan fingerprint density at radius 3 is 2.53 bits per heavy atom. The van der Waals surface area contributed by atoms with Crippen LogP contribution in [0.25, 0.3) is 10.8 Å². The van der Waals surface area contributed by atoms with E-state index in [9.17, 15) is 0 Å². The van der Waals surface area contributed by atoms with E-state index in [1.54, 1.807) is 0 Å². The molecule has 0 saturated heterocycles. The third-order valence-corrected chi connectivity index (χ3v) is 3.08. The predicted molar refractivity (Wildman–Crippen MR) is 72.0 cm³/mol.